The Labute approximate surface area is 142 Å². The third-order valence-electron chi connectivity index (χ3n) is 4.13. The summed E-state index contributed by atoms with van der Waals surface area (Å²) in [7, 11) is 1.78. The van der Waals surface area contributed by atoms with Crippen LogP contribution in [0, 0.1) is 6.92 Å². The number of para-hydroxylation sites is 1. The van der Waals surface area contributed by atoms with E-state index >= 15 is 0 Å². The molecule has 0 aliphatic heterocycles. The van der Waals surface area contributed by atoms with Crippen molar-refractivity contribution in [3.8, 4) is 0 Å². The van der Waals surface area contributed by atoms with E-state index in [4.69, 9.17) is 11.6 Å². The van der Waals surface area contributed by atoms with E-state index < -0.39 is 0 Å². The average Bonchev–Trinajstić information content (AvgIpc) is 2.71. The number of nitrogens with one attached hydrogen (secondary N) is 1. The fourth-order valence-electron chi connectivity index (χ4n) is 2.70. The van der Waals surface area contributed by atoms with E-state index in [1.165, 1.54) is 0 Å². The Morgan fingerprint density at radius 1 is 1.17 bits per heavy atom. The Bertz CT molecular complexity index is 706. The average molecular weight is 334 g/mol. The second kappa shape index (κ2) is 6.75. The number of aromatic nitrogens is 2. The molecule has 0 bridgehead atoms. The van der Waals surface area contributed by atoms with Gasteiger partial charge in [0.15, 0.2) is 5.15 Å². The van der Waals surface area contributed by atoms with E-state index in [0.29, 0.717) is 17.4 Å². The Morgan fingerprint density at radius 3 is 2.09 bits per heavy atom. The minimum Gasteiger partial charge on any atom is -0.321 e. The van der Waals surface area contributed by atoms with Gasteiger partial charge in [-0.25, -0.2) is 0 Å². The Balaban J connectivity index is 2.48. The number of benzene rings is 1. The molecule has 0 radical (unpaired) electrons. The van der Waals surface area contributed by atoms with E-state index in [9.17, 15) is 4.79 Å². The maximum Gasteiger partial charge on any atom is 0.260 e. The molecule has 0 aliphatic rings. The smallest absolute Gasteiger partial charge is 0.260 e. The van der Waals surface area contributed by atoms with Gasteiger partial charge >= 0.3 is 0 Å². The third-order valence-corrected chi connectivity index (χ3v) is 4.39. The van der Waals surface area contributed by atoms with Crippen LogP contribution >= 0.6 is 11.6 Å². The summed E-state index contributed by atoms with van der Waals surface area (Å²) in [6.45, 7) is 10.3. The molecule has 2 aromatic rings. The summed E-state index contributed by atoms with van der Waals surface area (Å²) in [5.74, 6) is 0.416. The van der Waals surface area contributed by atoms with Crippen LogP contribution in [0.15, 0.2) is 18.2 Å². The first kappa shape index (κ1) is 17.5. The van der Waals surface area contributed by atoms with Crippen LogP contribution in [0.3, 0.4) is 0 Å². The van der Waals surface area contributed by atoms with Crippen molar-refractivity contribution in [1.82, 2.24) is 9.78 Å². The number of amides is 1. The fraction of sp³-hybridized carbons (Fsp3) is 0.444. The van der Waals surface area contributed by atoms with Gasteiger partial charge in [0.1, 0.15) is 0 Å². The summed E-state index contributed by atoms with van der Waals surface area (Å²) < 4.78 is 1.62. The fourth-order valence-corrected chi connectivity index (χ4v) is 3.03. The lowest BCUT2D eigenvalue weighted by Gasteiger charge is -2.20. The van der Waals surface area contributed by atoms with Gasteiger partial charge in [-0.2, -0.15) is 5.10 Å². The number of nitrogens with zero attached hydrogens (tertiary/aromatic N) is 2. The van der Waals surface area contributed by atoms with Crippen LogP contribution in [0.5, 0.6) is 0 Å². The molecule has 1 amide bonds. The molecule has 0 unspecified atom stereocenters. The van der Waals surface area contributed by atoms with Crippen molar-refractivity contribution >= 4 is 23.2 Å². The molecule has 1 aromatic heterocycles. The van der Waals surface area contributed by atoms with E-state index in [1.54, 1.807) is 11.7 Å². The molecule has 4 nitrogen and oxygen atoms in total. The highest BCUT2D eigenvalue weighted by Gasteiger charge is 2.22. The Kier molecular flexibility index (Phi) is 5.15. The molecule has 5 heteroatoms. The molecule has 0 fully saturated rings. The second-order valence-electron chi connectivity index (χ2n) is 6.45. The largest absolute Gasteiger partial charge is 0.321 e. The molecule has 2 rings (SSSR count). The SMILES string of the molecule is Cc1c(C(=O)Nc2c(C(C)C)cccc2C(C)C)c(Cl)nn1C. The van der Waals surface area contributed by atoms with E-state index in [0.717, 1.165) is 22.5 Å². The highest BCUT2D eigenvalue weighted by atomic mass is 35.5. The number of aryl methyl sites for hydroxylation is 1. The summed E-state index contributed by atoms with van der Waals surface area (Å²) in [4.78, 5) is 12.8. The first-order valence-electron chi connectivity index (χ1n) is 7.87. The van der Waals surface area contributed by atoms with Gasteiger partial charge < -0.3 is 5.32 Å². The molecule has 0 saturated heterocycles. The molecular weight excluding hydrogens is 310 g/mol. The first-order chi connectivity index (χ1) is 10.7. The minimum absolute atomic E-state index is 0.212. The van der Waals surface area contributed by atoms with E-state index in [2.05, 4.69) is 50.2 Å². The van der Waals surface area contributed by atoms with Crippen molar-refractivity contribution in [2.45, 2.75) is 46.5 Å². The third kappa shape index (κ3) is 3.42. The molecule has 0 aliphatic carbocycles. The number of carbonyl (C=O) groups is 1. The molecule has 23 heavy (non-hydrogen) atoms. The predicted octanol–water partition coefficient (Wildman–Crippen LogP) is 4.88. The van der Waals surface area contributed by atoms with Crippen LogP contribution in [-0.4, -0.2) is 15.7 Å². The number of hydrogen-bond acceptors (Lipinski definition) is 2. The molecule has 0 saturated carbocycles. The van der Waals surface area contributed by atoms with Crippen molar-refractivity contribution in [2.75, 3.05) is 5.32 Å². The van der Waals surface area contributed by atoms with Gasteiger partial charge in [-0.3, -0.25) is 9.48 Å². The van der Waals surface area contributed by atoms with Crippen LogP contribution < -0.4 is 5.32 Å². The number of carbonyl (C=O) groups excluding carboxylic acids is 1. The number of rotatable bonds is 4. The van der Waals surface area contributed by atoms with Crippen molar-refractivity contribution in [3.05, 3.63) is 45.7 Å². The molecular formula is C18H24ClN3O. The zero-order valence-corrected chi connectivity index (χ0v) is 15.3. The number of hydrogen-bond donors (Lipinski definition) is 1. The van der Waals surface area contributed by atoms with Gasteiger partial charge in [-0.1, -0.05) is 57.5 Å². The van der Waals surface area contributed by atoms with Crippen LogP contribution in [0.4, 0.5) is 5.69 Å². The highest BCUT2D eigenvalue weighted by molar-refractivity contribution is 6.33. The summed E-state index contributed by atoms with van der Waals surface area (Å²) in [6, 6.07) is 6.16. The van der Waals surface area contributed by atoms with Crippen LogP contribution in [0.2, 0.25) is 5.15 Å². The van der Waals surface area contributed by atoms with Crippen molar-refractivity contribution in [3.63, 3.8) is 0 Å². The van der Waals surface area contributed by atoms with Crippen molar-refractivity contribution in [2.24, 2.45) is 7.05 Å². The van der Waals surface area contributed by atoms with Crippen LogP contribution in [0.25, 0.3) is 0 Å². The molecule has 1 aromatic carbocycles. The molecule has 1 N–H and O–H groups in total. The Morgan fingerprint density at radius 2 is 1.70 bits per heavy atom. The topological polar surface area (TPSA) is 46.9 Å². The maximum atomic E-state index is 12.8. The number of halogens is 1. The molecule has 1 heterocycles. The quantitative estimate of drug-likeness (QED) is 0.866. The van der Waals surface area contributed by atoms with Gasteiger partial charge in [0.05, 0.1) is 5.56 Å². The van der Waals surface area contributed by atoms with Gasteiger partial charge in [-0.15, -0.1) is 0 Å². The summed E-state index contributed by atoms with van der Waals surface area (Å²) >= 11 is 6.12. The lowest BCUT2D eigenvalue weighted by Crippen LogP contribution is -2.17. The highest BCUT2D eigenvalue weighted by Crippen LogP contribution is 2.33. The van der Waals surface area contributed by atoms with Crippen LogP contribution in [-0.2, 0) is 7.05 Å². The van der Waals surface area contributed by atoms with Crippen molar-refractivity contribution in [1.29, 1.82) is 0 Å². The molecule has 124 valence electrons. The van der Waals surface area contributed by atoms with Crippen LogP contribution in [0.1, 0.15) is 66.7 Å². The predicted molar refractivity (Wildman–Crippen MR) is 95.5 cm³/mol. The van der Waals surface area contributed by atoms with E-state index in [1.807, 2.05) is 13.0 Å². The van der Waals surface area contributed by atoms with Gasteiger partial charge in [0.2, 0.25) is 0 Å². The standard InChI is InChI=1S/C18H24ClN3O/c1-10(2)13-8-7-9-14(11(3)4)16(13)20-18(23)15-12(5)22(6)21-17(15)19/h7-11H,1-6H3,(H,20,23). The lowest BCUT2D eigenvalue weighted by atomic mass is 9.92. The maximum absolute atomic E-state index is 12.8. The van der Waals surface area contributed by atoms with Gasteiger partial charge in [-0.05, 0) is 29.9 Å². The second-order valence-corrected chi connectivity index (χ2v) is 6.81. The first-order valence-corrected chi connectivity index (χ1v) is 8.25. The van der Waals surface area contributed by atoms with Gasteiger partial charge in [0, 0.05) is 18.4 Å². The van der Waals surface area contributed by atoms with E-state index in [-0.39, 0.29) is 11.1 Å². The summed E-state index contributed by atoms with van der Waals surface area (Å²) in [5, 5.41) is 7.42. The summed E-state index contributed by atoms with van der Waals surface area (Å²) in [5.41, 5.74) is 4.33. The zero-order chi connectivity index (χ0) is 17.3. The lowest BCUT2D eigenvalue weighted by molar-refractivity contribution is 0.102. The van der Waals surface area contributed by atoms with Crippen molar-refractivity contribution < 1.29 is 4.79 Å². The summed E-state index contributed by atoms with van der Waals surface area (Å²) in [6.07, 6.45) is 0. The molecule has 0 spiro atoms. The minimum atomic E-state index is -0.212. The van der Waals surface area contributed by atoms with Gasteiger partial charge in [0.25, 0.3) is 5.91 Å². The normalized spacial score (nSPS) is 11.3. The monoisotopic (exact) mass is 333 g/mol. The number of anilines is 1. The molecule has 0 atom stereocenters. The zero-order valence-electron chi connectivity index (χ0n) is 14.6. The Hall–Kier alpha value is -1.81.